The fourth-order valence-corrected chi connectivity index (χ4v) is 5.28. The third-order valence-corrected chi connectivity index (χ3v) is 7.21. The lowest BCUT2D eigenvalue weighted by Gasteiger charge is -2.29. The van der Waals surface area contributed by atoms with Gasteiger partial charge in [-0.05, 0) is 69.7 Å². The van der Waals surface area contributed by atoms with Crippen LogP contribution in [0.5, 0.6) is 0 Å². The van der Waals surface area contributed by atoms with Crippen molar-refractivity contribution in [1.82, 2.24) is 4.90 Å². The predicted octanol–water partition coefficient (Wildman–Crippen LogP) is 5.33. The number of carbonyl (C=O) groups is 1. The van der Waals surface area contributed by atoms with Crippen LogP contribution in [0.1, 0.15) is 68.7 Å². The van der Waals surface area contributed by atoms with Gasteiger partial charge in [-0.15, -0.1) is 0 Å². The molecule has 1 aliphatic heterocycles. The largest absolute Gasteiger partial charge is 0.444 e. The second-order valence-electron chi connectivity index (χ2n) is 9.77. The predicted molar refractivity (Wildman–Crippen MR) is 122 cm³/mol. The summed E-state index contributed by atoms with van der Waals surface area (Å²) in [7, 11) is -3.94. The van der Waals surface area contributed by atoms with Crippen LogP contribution in [0, 0.1) is 6.92 Å². The highest BCUT2D eigenvalue weighted by atomic mass is 32.2. The minimum atomic E-state index is -3.94. The average Bonchev–Trinajstić information content (AvgIpc) is 3.47. The lowest BCUT2D eigenvalue weighted by molar-refractivity contribution is 0.0210. The standard InChI is InChI=1S/C25H31NO5S/c1-17-9-13-20(14-10-17)32(28,29)31-19-15-23(26(16-19)24(27)30-25(2,3)4)22-8-6-5-7-21(22)18-11-12-18/h5-10,13-14,18-19,23H,11-12,15-16H2,1-4H3. The molecule has 2 aliphatic rings. The van der Waals surface area contributed by atoms with Crippen molar-refractivity contribution >= 4 is 16.2 Å². The van der Waals surface area contributed by atoms with Gasteiger partial charge in [0, 0.05) is 6.42 Å². The molecule has 1 aliphatic carbocycles. The summed E-state index contributed by atoms with van der Waals surface area (Å²) in [5, 5.41) is 0. The van der Waals surface area contributed by atoms with Gasteiger partial charge in [-0.1, -0.05) is 42.0 Å². The van der Waals surface area contributed by atoms with Gasteiger partial charge in [-0.2, -0.15) is 8.42 Å². The molecule has 0 radical (unpaired) electrons. The topological polar surface area (TPSA) is 72.9 Å². The van der Waals surface area contributed by atoms with E-state index in [-0.39, 0.29) is 17.5 Å². The number of rotatable bonds is 5. The van der Waals surface area contributed by atoms with Crippen LogP contribution in [0.4, 0.5) is 4.79 Å². The van der Waals surface area contributed by atoms with Crippen LogP contribution in [0.25, 0.3) is 0 Å². The van der Waals surface area contributed by atoms with Gasteiger partial charge in [0.15, 0.2) is 0 Å². The lowest BCUT2D eigenvalue weighted by atomic mass is 9.95. The Bertz CT molecular complexity index is 1080. The molecule has 32 heavy (non-hydrogen) atoms. The van der Waals surface area contributed by atoms with Crippen LogP contribution in [0.15, 0.2) is 53.4 Å². The first-order chi connectivity index (χ1) is 15.0. The molecule has 4 rings (SSSR count). The molecule has 172 valence electrons. The second-order valence-corrected chi connectivity index (χ2v) is 11.3. The molecule has 6 nitrogen and oxygen atoms in total. The highest BCUT2D eigenvalue weighted by Crippen LogP contribution is 2.46. The fourth-order valence-electron chi connectivity index (χ4n) is 4.20. The number of likely N-dealkylation sites (tertiary alicyclic amines) is 1. The summed E-state index contributed by atoms with van der Waals surface area (Å²) in [5.74, 6) is 0.503. The fraction of sp³-hybridized carbons (Fsp3) is 0.480. The van der Waals surface area contributed by atoms with E-state index in [1.165, 1.54) is 5.56 Å². The van der Waals surface area contributed by atoms with Gasteiger partial charge in [0.1, 0.15) is 5.60 Å². The zero-order valence-corrected chi connectivity index (χ0v) is 19.9. The van der Waals surface area contributed by atoms with E-state index in [2.05, 4.69) is 6.07 Å². The molecule has 1 heterocycles. The van der Waals surface area contributed by atoms with E-state index in [1.54, 1.807) is 29.2 Å². The van der Waals surface area contributed by atoms with Gasteiger partial charge in [0.25, 0.3) is 10.1 Å². The number of hydrogen-bond acceptors (Lipinski definition) is 5. The highest BCUT2D eigenvalue weighted by Gasteiger charge is 2.42. The number of amides is 1. The highest BCUT2D eigenvalue weighted by molar-refractivity contribution is 7.86. The summed E-state index contributed by atoms with van der Waals surface area (Å²) in [6, 6.07) is 14.4. The molecule has 0 N–H and O–H groups in total. The molecule has 1 amide bonds. The van der Waals surface area contributed by atoms with Crippen molar-refractivity contribution < 1.29 is 22.1 Å². The average molecular weight is 458 g/mol. The number of benzene rings is 2. The number of hydrogen-bond donors (Lipinski definition) is 0. The van der Waals surface area contributed by atoms with Crippen LogP contribution in [-0.2, 0) is 19.0 Å². The Balaban J connectivity index is 1.61. The molecular formula is C25H31NO5S. The van der Waals surface area contributed by atoms with E-state index in [0.717, 1.165) is 24.0 Å². The summed E-state index contributed by atoms with van der Waals surface area (Å²) in [6.07, 6.45) is 1.57. The Hall–Kier alpha value is -2.38. The monoisotopic (exact) mass is 457 g/mol. The van der Waals surface area contributed by atoms with Gasteiger partial charge in [-0.25, -0.2) is 4.79 Å². The number of carbonyl (C=O) groups excluding carboxylic acids is 1. The first-order valence-electron chi connectivity index (χ1n) is 11.1. The molecule has 2 fully saturated rings. The Labute approximate surface area is 190 Å². The summed E-state index contributed by atoms with van der Waals surface area (Å²) >= 11 is 0. The van der Waals surface area contributed by atoms with Gasteiger partial charge >= 0.3 is 6.09 Å². The second kappa shape index (κ2) is 8.52. The SMILES string of the molecule is Cc1ccc(S(=O)(=O)OC2CC(c3ccccc3C3CC3)N(C(=O)OC(C)(C)C)C2)cc1. The first kappa shape index (κ1) is 22.8. The quantitative estimate of drug-likeness (QED) is 0.568. The molecule has 1 saturated carbocycles. The molecule has 2 aromatic rings. The third kappa shape index (κ3) is 5.15. The van der Waals surface area contributed by atoms with Gasteiger partial charge in [0.05, 0.1) is 23.6 Å². The first-order valence-corrected chi connectivity index (χ1v) is 12.5. The normalized spacial score (nSPS) is 21.6. The number of ether oxygens (including phenoxy) is 1. The zero-order chi connectivity index (χ0) is 23.1. The van der Waals surface area contributed by atoms with Crippen LogP contribution in [0.2, 0.25) is 0 Å². The molecule has 2 unspecified atom stereocenters. The summed E-state index contributed by atoms with van der Waals surface area (Å²) in [5.41, 5.74) is 2.61. The van der Waals surface area contributed by atoms with Crippen LogP contribution in [-0.4, -0.2) is 37.7 Å². The van der Waals surface area contributed by atoms with Crippen LogP contribution >= 0.6 is 0 Å². The lowest BCUT2D eigenvalue weighted by Crippen LogP contribution is -2.37. The van der Waals surface area contributed by atoms with E-state index < -0.39 is 27.9 Å². The maximum Gasteiger partial charge on any atom is 0.410 e. The molecule has 0 bridgehead atoms. The molecule has 7 heteroatoms. The van der Waals surface area contributed by atoms with Crippen molar-refractivity contribution in [3.8, 4) is 0 Å². The number of nitrogens with zero attached hydrogens (tertiary/aromatic N) is 1. The van der Waals surface area contributed by atoms with Crippen molar-refractivity contribution in [2.24, 2.45) is 0 Å². The van der Waals surface area contributed by atoms with Crippen molar-refractivity contribution in [1.29, 1.82) is 0 Å². The maximum absolute atomic E-state index is 13.1. The molecule has 1 saturated heterocycles. The summed E-state index contributed by atoms with van der Waals surface area (Å²) in [6.45, 7) is 7.52. The van der Waals surface area contributed by atoms with Gasteiger partial charge < -0.3 is 4.74 Å². The van der Waals surface area contributed by atoms with Gasteiger partial charge in [0.2, 0.25) is 0 Å². The third-order valence-electron chi connectivity index (χ3n) is 5.84. The Kier molecular flexibility index (Phi) is 6.07. The molecule has 0 spiro atoms. The molecule has 2 atom stereocenters. The van der Waals surface area contributed by atoms with Gasteiger partial charge in [-0.3, -0.25) is 9.08 Å². The van der Waals surface area contributed by atoms with E-state index in [0.29, 0.717) is 12.3 Å². The zero-order valence-electron chi connectivity index (χ0n) is 19.1. The maximum atomic E-state index is 13.1. The molecular weight excluding hydrogens is 426 g/mol. The van der Waals surface area contributed by atoms with Crippen LogP contribution < -0.4 is 0 Å². The summed E-state index contributed by atoms with van der Waals surface area (Å²) < 4.78 is 37.0. The smallest absolute Gasteiger partial charge is 0.410 e. The van der Waals surface area contributed by atoms with E-state index in [4.69, 9.17) is 8.92 Å². The van der Waals surface area contributed by atoms with Crippen molar-refractivity contribution in [3.63, 3.8) is 0 Å². The van der Waals surface area contributed by atoms with Crippen LogP contribution in [0.3, 0.4) is 0 Å². The Morgan fingerprint density at radius 2 is 1.62 bits per heavy atom. The van der Waals surface area contributed by atoms with Crippen molar-refractivity contribution in [3.05, 3.63) is 65.2 Å². The Morgan fingerprint density at radius 1 is 1.00 bits per heavy atom. The molecule has 2 aromatic carbocycles. The van der Waals surface area contributed by atoms with E-state index >= 15 is 0 Å². The number of aryl methyl sites for hydroxylation is 1. The molecule has 0 aromatic heterocycles. The summed E-state index contributed by atoms with van der Waals surface area (Å²) in [4.78, 5) is 14.8. The minimum absolute atomic E-state index is 0.119. The van der Waals surface area contributed by atoms with Crippen molar-refractivity contribution in [2.45, 2.75) is 75.5 Å². The van der Waals surface area contributed by atoms with Crippen molar-refractivity contribution in [2.75, 3.05) is 6.54 Å². The Morgan fingerprint density at radius 3 is 2.22 bits per heavy atom. The van der Waals surface area contributed by atoms with E-state index in [9.17, 15) is 13.2 Å². The van der Waals surface area contributed by atoms with E-state index in [1.807, 2.05) is 45.9 Å². The minimum Gasteiger partial charge on any atom is -0.444 e.